The topological polar surface area (TPSA) is 41.5 Å². The van der Waals surface area contributed by atoms with Gasteiger partial charge in [-0.15, -0.1) is 0 Å². The van der Waals surface area contributed by atoms with Crippen molar-refractivity contribution in [3.63, 3.8) is 0 Å². The van der Waals surface area contributed by atoms with Crippen LogP contribution in [0.2, 0.25) is 0 Å². The Bertz CT molecular complexity index is 711. The van der Waals surface area contributed by atoms with Gasteiger partial charge in [0.05, 0.1) is 5.71 Å². The van der Waals surface area contributed by atoms with Crippen LogP contribution in [-0.2, 0) is 5.41 Å². The van der Waals surface area contributed by atoms with Gasteiger partial charge in [-0.2, -0.15) is 5.10 Å². The Morgan fingerprint density at radius 3 is 2.00 bits per heavy atom. The number of hydrazone groups is 1. The smallest absolute Gasteiger partial charge is 0.267 e. The predicted molar refractivity (Wildman–Crippen MR) is 99.0 cm³/mol. The Kier molecular flexibility index (Phi) is 5.37. The lowest BCUT2D eigenvalue weighted by Crippen LogP contribution is -2.20. The van der Waals surface area contributed by atoms with Gasteiger partial charge < -0.3 is 0 Å². The monoisotopic (exact) mass is 372 g/mol. The second-order valence-corrected chi connectivity index (χ2v) is 7.39. The molecule has 0 aliphatic rings. The summed E-state index contributed by atoms with van der Waals surface area (Å²) >= 11 is 3.40. The molecule has 0 spiro atoms. The first-order chi connectivity index (χ1) is 10.8. The zero-order valence-electron chi connectivity index (χ0n) is 13.9. The molecular weight excluding hydrogens is 352 g/mol. The van der Waals surface area contributed by atoms with Crippen molar-refractivity contribution in [2.45, 2.75) is 33.1 Å². The third-order valence-electron chi connectivity index (χ3n) is 3.60. The van der Waals surface area contributed by atoms with E-state index in [1.54, 1.807) is 0 Å². The van der Waals surface area contributed by atoms with Crippen LogP contribution in [0.3, 0.4) is 0 Å². The molecule has 0 saturated heterocycles. The lowest BCUT2D eigenvalue weighted by molar-refractivity contribution is 0.0955. The normalized spacial score (nSPS) is 12.1. The van der Waals surface area contributed by atoms with E-state index in [0.29, 0.717) is 5.56 Å². The van der Waals surface area contributed by atoms with E-state index < -0.39 is 0 Å². The van der Waals surface area contributed by atoms with E-state index in [4.69, 9.17) is 0 Å². The first kappa shape index (κ1) is 17.4. The summed E-state index contributed by atoms with van der Waals surface area (Å²) in [6, 6.07) is 15.4. The molecule has 4 heteroatoms. The Balaban J connectivity index is 2.07. The summed E-state index contributed by atoms with van der Waals surface area (Å²) in [5, 5.41) is 4.17. The quantitative estimate of drug-likeness (QED) is 0.603. The summed E-state index contributed by atoms with van der Waals surface area (Å²) in [6.45, 7) is 8.31. The van der Waals surface area contributed by atoms with Gasteiger partial charge >= 0.3 is 0 Å². The molecule has 0 fully saturated rings. The van der Waals surface area contributed by atoms with Crippen molar-refractivity contribution in [1.29, 1.82) is 0 Å². The lowest BCUT2D eigenvalue weighted by Gasteiger charge is -2.18. The molecule has 0 heterocycles. The van der Waals surface area contributed by atoms with Gasteiger partial charge in [0.25, 0.3) is 5.91 Å². The minimum atomic E-state index is -0.207. The highest BCUT2D eigenvalue weighted by Gasteiger charge is 2.14. The fourth-order valence-electron chi connectivity index (χ4n) is 2.08. The molecule has 2 aromatic rings. The third kappa shape index (κ3) is 4.76. The van der Waals surface area contributed by atoms with Crippen molar-refractivity contribution >= 4 is 27.5 Å². The van der Waals surface area contributed by atoms with Crippen molar-refractivity contribution < 1.29 is 4.79 Å². The van der Waals surface area contributed by atoms with Gasteiger partial charge in [0.1, 0.15) is 0 Å². The zero-order chi connectivity index (χ0) is 17.0. The SMILES string of the molecule is C/C(=N\NC(=O)c1ccc(C(C)(C)C)cc1)c1ccc(Br)cc1. The van der Waals surface area contributed by atoms with Crippen molar-refractivity contribution in [2.75, 3.05) is 0 Å². The number of rotatable bonds is 3. The van der Waals surface area contributed by atoms with Gasteiger partial charge in [0.2, 0.25) is 0 Å². The fraction of sp³-hybridized carbons (Fsp3) is 0.263. The number of halogens is 1. The van der Waals surface area contributed by atoms with Crippen LogP contribution in [0.15, 0.2) is 58.1 Å². The predicted octanol–water partition coefficient (Wildman–Crippen LogP) is 4.90. The Morgan fingerprint density at radius 1 is 0.957 bits per heavy atom. The molecule has 0 aliphatic carbocycles. The number of nitrogens with zero attached hydrogens (tertiary/aromatic N) is 1. The summed E-state index contributed by atoms with van der Waals surface area (Å²) < 4.78 is 1.01. The molecule has 0 aromatic heterocycles. The van der Waals surface area contributed by atoms with Crippen LogP contribution in [0.25, 0.3) is 0 Å². The van der Waals surface area contributed by atoms with E-state index in [-0.39, 0.29) is 11.3 Å². The average Bonchev–Trinajstić information content (AvgIpc) is 2.52. The molecule has 2 aromatic carbocycles. The highest BCUT2D eigenvalue weighted by Crippen LogP contribution is 2.22. The molecule has 0 aliphatic heterocycles. The molecule has 0 unspecified atom stereocenters. The number of benzene rings is 2. The maximum absolute atomic E-state index is 12.2. The summed E-state index contributed by atoms with van der Waals surface area (Å²) in [6.07, 6.45) is 0. The zero-order valence-corrected chi connectivity index (χ0v) is 15.4. The van der Waals surface area contributed by atoms with E-state index >= 15 is 0 Å². The number of hydrogen-bond donors (Lipinski definition) is 1. The van der Waals surface area contributed by atoms with E-state index in [1.165, 1.54) is 5.56 Å². The number of hydrogen-bond acceptors (Lipinski definition) is 2. The highest BCUT2D eigenvalue weighted by molar-refractivity contribution is 9.10. The second-order valence-electron chi connectivity index (χ2n) is 6.47. The number of carbonyl (C=O) groups is 1. The standard InChI is InChI=1S/C19H21BrN2O/c1-13(14-7-11-17(20)12-8-14)21-22-18(23)15-5-9-16(10-6-15)19(2,3)4/h5-12H,1-4H3,(H,22,23)/b21-13+. The van der Waals surface area contributed by atoms with Crippen molar-refractivity contribution in [1.82, 2.24) is 5.43 Å². The summed E-state index contributed by atoms with van der Waals surface area (Å²) in [4.78, 5) is 12.2. The number of nitrogens with one attached hydrogen (secondary N) is 1. The second kappa shape index (κ2) is 7.09. The molecule has 23 heavy (non-hydrogen) atoms. The fourth-order valence-corrected chi connectivity index (χ4v) is 2.34. The van der Waals surface area contributed by atoms with Crippen LogP contribution < -0.4 is 5.43 Å². The minimum absolute atomic E-state index is 0.0747. The third-order valence-corrected chi connectivity index (χ3v) is 4.13. The Morgan fingerprint density at radius 2 is 1.48 bits per heavy atom. The molecule has 0 saturated carbocycles. The average molecular weight is 373 g/mol. The van der Waals surface area contributed by atoms with Crippen LogP contribution >= 0.6 is 15.9 Å². The molecule has 0 bridgehead atoms. The van der Waals surface area contributed by atoms with E-state index in [2.05, 4.69) is 47.2 Å². The maximum Gasteiger partial charge on any atom is 0.271 e. The minimum Gasteiger partial charge on any atom is -0.267 e. The summed E-state index contributed by atoms with van der Waals surface area (Å²) in [5.74, 6) is -0.207. The van der Waals surface area contributed by atoms with E-state index in [1.807, 2.05) is 55.5 Å². The lowest BCUT2D eigenvalue weighted by atomic mass is 9.87. The molecule has 2 rings (SSSR count). The van der Waals surface area contributed by atoms with E-state index in [9.17, 15) is 4.79 Å². The highest BCUT2D eigenvalue weighted by atomic mass is 79.9. The van der Waals surface area contributed by atoms with Crippen molar-refractivity contribution in [3.05, 3.63) is 69.7 Å². The van der Waals surface area contributed by atoms with Crippen LogP contribution in [0.4, 0.5) is 0 Å². The first-order valence-corrected chi connectivity index (χ1v) is 8.28. The van der Waals surface area contributed by atoms with Gasteiger partial charge in [-0.3, -0.25) is 4.79 Å². The first-order valence-electron chi connectivity index (χ1n) is 7.48. The molecule has 1 amide bonds. The Labute approximate surface area is 145 Å². The molecule has 0 atom stereocenters. The van der Waals surface area contributed by atoms with Crippen molar-refractivity contribution in [2.24, 2.45) is 5.10 Å². The largest absolute Gasteiger partial charge is 0.271 e. The van der Waals surface area contributed by atoms with Crippen LogP contribution in [0, 0.1) is 0 Å². The van der Waals surface area contributed by atoms with E-state index in [0.717, 1.165) is 15.7 Å². The van der Waals surface area contributed by atoms with Gasteiger partial charge in [0.15, 0.2) is 0 Å². The maximum atomic E-state index is 12.2. The van der Waals surface area contributed by atoms with Gasteiger partial charge in [-0.1, -0.05) is 61.0 Å². The van der Waals surface area contributed by atoms with Gasteiger partial charge in [-0.25, -0.2) is 5.43 Å². The molecule has 1 N–H and O–H groups in total. The molecule has 120 valence electrons. The number of carbonyl (C=O) groups excluding carboxylic acids is 1. The van der Waals surface area contributed by atoms with Crippen molar-refractivity contribution in [3.8, 4) is 0 Å². The molecule has 0 radical (unpaired) electrons. The summed E-state index contributed by atoms with van der Waals surface area (Å²) in [7, 11) is 0. The van der Waals surface area contributed by atoms with Crippen LogP contribution in [0.1, 0.15) is 49.2 Å². The van der Waals surface area contributed by atoms with Gasteiger partial charge in [-0.05, 0) is 47.7 Å². The van der Waals surface area contributed by atoms with Gasteiger partial charge in [0, 0.05) is 10.0 Å². The Hall–Kier alpha value is -1.94. The van der Waals surface area contributed by atoms with Crippen LogP contribution in [0.5, 0.6) is 0 Å². The summed E-state index contributed by atoms with van der Waals surface area (Å²) in [5.41, 5.74) is 6.21. The van der Waals surface area contributed by atoms with Crippen LogP contribution in [-0.4, -0.2) is 11.6 Å². The molecular formula is C19H21BrN2O. The molecule has 3 nitrogen and oxygen atoms in total. The number of amides is 1.